The maximum Gasteiger partial charge on any atom is 0.154 e. The van der Waals surface area contributed by atoms with Gasteiger partial charge < -0.3 is 10.5 Å². The van der Waals surface area contributed by atoms with Gasteiger partial charge >= 0.3 is 0 Å². The molecule has 118 valence electrons. The Morgan fingerprint density at radius 1 is 1.22 bits per heavy atom. The first-order chi connectivity index (χ1) is 11.2. The second-order valence-electron chi connectivity index (χ2n) is 5.94. The molecule has 0 amide bonds. The predicted octanol–water partition coefficient (Wildman–Crippen LogP) is 4.62. The molecular weight excluding hydrogens is 372 g/mol. The Balaban J connectivity index is 1.84. The summed E-state index contributed by atoms with van der Waals surface area (Å²) in [5.41, 5.74) is 8.12. The lowest BCUT2D eigenvalue weighted by Crippen LogP contribution is -2.37. The first kappa shape index (κ1) is 15.1. The van der Waals surface area contributed by atoms with E-state index in [1.54, 1.807) is 11.8 Å². The minimum atomic E-state index is -0.285. The lowest BCUT2D eigenvalue weighted by atomic mass is 9.79. The summed E-state index contributed by atoms with van der Waals surface area (Å²) in [6.45, 7) is 0. The van der Waals surface area contributed by atoms with E-state index in [0.29, 0.717) is 5.17 Å². The molecule has 2 aliphatic rings. The number of halogens is 1. The van der Waals surface area contributed by atoms with Gasteiger partial charge in [0.1, 0.15) is 11.9 Å². The van der Waals surface area contributed by atoms with Crippen molar-refractivity contribution in [2.24, 2.45) is 10.7 Å². The number of nitrogens with two attached hydrogens (primary N) is 1. The Kier molecular flexibility index (Phi) is 3.85. The van der Waals surface area contributed by atoms with E-state index < -0.39 is 0 Å². The molecule has 0 aliphatic carbocycles. The van der Waals surface area contributed by atoms with E-state index >= 15 is 0 Å². The van der Waals surface area contributed by atoms with Crippen molar-refractivity contribution in [3.8, 4) is 5.75 Å². The highest BCUT2D eigenvalue weighted by molar-refractivity contribution is 9.10. The number of hydrogen-bond donors (Lipinski definition) is 1. The Morgan fingerprint density at radius 2 is 2.04 bits per heavy atom. The molecule has 2 aromatic carbocycles. The fourth-order valence-electron chi connectivity index (χ4n) is 3.40. The molecule has 1 spiro atoms. The van der Waals surface area contributed by atoms with E-state index in [0.717, 1.165) is 34.4 Å². The van der Waals surface area contributed by atoms with E-state index in [2.05, 4.69) is 46.3 Å². The summed E-state index contributed by atoms with van der Waals surface area (Å²) >= 11 is 5.21. The molecule has 4 rings (SSSR count). The summed E-state index contributed by atoms with van der Waals surface area (Å²) in [5, 5.41) is 0.677. The van der Waals surface area contributed by atoms with Crippen LogP contribution in [0.2, 0.25) is 0 Å². The van der Waals surface area contributed by atoms with Crippen LogP contribution in [0, 0.1) is 0 Å². The van der Waals surface area contributed by atoms with Crippen LogP contribution in [-0.4, -0.2) is 10.9 Å². The van der Waals surface area contributed by atoms with Gasteiger partial charge in [0.2, 0.25) is 0 Å². The van der Waals surface area contributed by atoms with Crippen LogP contribution in [0.4, 0.5) is 0 Å². The minimum Gasteiger partial charge on any atom is -0.485 e. The first-order valence-electron chi connectivity index (χ1n) is 7.66. The van der Waals surface area contributed by atoms with Gasteiger partial charge in [-0.05, 0) is 30.2 Å². The molecule has 0 unspecified atom stereocenters. The number of benzene rings is 2. The third-order valence-electron chi connectivity index (χ3n) is 4.50. The number of rotatable bonds is 1. The van der Waals surface area contributed by atoms with Gasteiger partial charge in [-0.2, -0.15) is 0 Å². The molecule has 23 heavy (non-hydrogen) atoms. The minimum absolute atomic E-state index is 0.00419. The van der Waals surface area contributed by atoms with Gasteiger partial charge in [0.15, 0.2) is 5.17 Å². The van der Waals surface area contributed by atoms with Crippen LogP contribution in [0.1, 0.15) is 30.1 Å². The second-order valence-corrected chi connectivity index (χ2v) is 7.97. The Hall–Kier alpha value is -1.46. The quantitative estimate of drug-likeness (QED) is 0.774. The number of ether oxygens (including phenoxy) is 1. The average molecular weight is 389 g/mol. The molecule has 3 nitrogen and oxygen atoms in total. The van der Waals surface area contributed by atoms with Crippen LogP contribution in [0.3, 0.4) is 0 Å². The van der Waals surface area contributed by atoms with Crippen molar-refractivity contribution in [3.63, 3.8) is 0 Å². The molecule has 2 atom stereocenters. The van der Waals surface area contributed by atoms with Crippen LogP contribution in [0.15, 0.2) is 58.0 Å². The lowest BCUT2D eigenvalue weighted by Gasteiger charge is -2.41. The molecule has 0 saturated carbocycles. The van der Waals surface area contributed by atoms with Gasteiger partial charge in [0.05, 0.1) is 5.54 Å². The maximum atomic E-state index is 6.30. The molecule has 2 aromatic rings. The highest BCUT2D eigenvalue weighted by Gasteiger charge is 2.43. The molecule has 2 aliphatic heterocycles. The van der Waals surface area contributed by atoms with Crippen molar-refractivity contribution in [1.82, 2.24) is 0 Å². The smallest absolute Gasteiger partial charge is 0.154 e. The highest BCUT2D eigenvalue weighted by Crippen LogP contribution is 2.51. The molecule has 2 heterocycles. The standard InChI is InChI=1S/C18H17BrN2OS/c19-13-6-7-15-14(10-13)18(8-9-23-17(20)21-18)11-16(22-15)12-4-2-1-3-5-12/h1-7,10,16H,8-9,11H2,(H2,20,21)/t16-,18-/m1/s1. The van der Waals surface area contributed by atoms with E-state index in [9.17, 15) is 0 Å². The fourth-order valence-corrected chi connectivity index (χ4v) is 4.65. The van der Waals surface area contributed by atoms with E-state index in [-0.39, 0.29) is 11.6 Å². The number of fused-ring (bicyclic) bond motifs is 2. The van der Waals surface area contributed by atoms with E-state index in [1.807, 2.05) is 18.2 Å². The summed E-state index contributed by atoms with van der Waals surface area (Å²) in [5.74, 6) is 1.90. The summed E-state index contributed by atoms with van der Waals surface area (Å²) in [6.07, 6.45) is 1.81. The van der Waals surface area contributed by atoms with Crippen molar-refractivity contribution in [2.45, 2.75) is 24.5 Å². The SMILES string of the molecule is NC1=N[C@]2(CCS1)C[C@H](c1ccccc1)Oc1ccc(Br)cc12. The summed E-state index contributed by atoms with van der Waals surface area (Å²) in [6, 6.07) is 16.5. The van der Waals surface area contributed by atoms with Crippen LogP contribution in [0.25, 0.3) is 0 Å². The molecular formula is C18H17BrN2OS. The number of thioether (sulfide) groups is 1. The van der Waals surface area contributed by atoms with Crippen LogP contribution < -0.4 is 10.5 Å². The molecule has 0 aromatic heterocycles. The summed E-state index contributed by atoms with van der Waals surface area (Å²) < 4.78 is 7.34. The van der Waals surface area contributed by atoms with Crippen LogP contribution in [0.5, 0.6) is 5.75 Å². The normalized spacial score (nSPS) is 26.3. The van der Waals surface area contributed by atoms with Gasteiger partial charge in [0, 0.05) is 22.2 Å². The van der Waals surface area contributed by atoms with Crippen molar-refractivity contribution in [2.75, 3.05) is 5.75 Å². The Bertz CT molecular complexity index is 765. The summed E-state index contributed by atoms with van der Waals surface area (Å²) in [4.78, 5) is 4.89. The average Bonchev–Trinajstić information content (AvgIpc) is 2.56. The van der Waals surface area contributed by atoms with Gasteiger partial charge in [0.25, 0.3) is 0 Å². The highest BCUT2D eigenvalue weighted by atomic mass is 79.9. The molecule has 2 N–H and O–H groups in total. The monoisotopic (exact) mass is 388 g/mol. The van der Waals surface area contributed by atoms with Crippen LogP contribution in [-0.2, 0) is 5.54 Å². The zero-order chi connectivity index (χ0) is 15.9. The van der Waals surface area contributed by atoms with Crippen molar-refractivity contribution >= 4 is 32.9 Å². The van der Waals surface area contributed by atoms with E-state index in [4.69, 9.17) is 15.5 Å². The van der Waals surface area contributed by atoms with Crippen molar-refractivity contribution in [3.05, 3.63) is 64.1 Å². The number of hydrogen-bond acceptors (Lipinski definition) is 4. The van der Waals surface area contributed by atoms with Gasteiger partial charge in [-0.15, -0.1) is 0 Å². The molecule has 0 radical (unpaired) electrons. The number of amidine groups is 1. The largest absolute Gasteiger partial charge is 0.485 e. The molecule has 0 fully saturated rings. The third-order valence-corrected chi connectivity index (χ3v) is 5.78. The van der Waals surface area contributed by atoms with Gasteiger partial charge in [-0.25, -0.2) is 0 Å². The predicted molar refractivity (Wildman–Crippen MR) is 98.9 cm³/mol. The molecule has 5 heteroatoms. The topological polar surface area (TPSA) is 47.6 Å². The molecule has 0 saturated heterocycles. The Morgan fingerprint density at radius 3 is 2.83 bits per heavy atom. The summed E-state index contributed by atoms with van der Waals surface area (Å²) in [7, 11) is 0. The zero-order valence-electron chi connectivity index (χ0n) is 12.5. The lowest BCUT2D eigenvalue weighted by molar-refractivity contribution is 0.123. The van der Waals surface area contributed by atoms with Crippen LogP contribution >= 0.6 is 27.7 Å². The zero-order valence-corrected chi connectivity index (χ0v) is 14.9. The third kappa shape index (κ3) is 2.76. The first-order valence-corrected chi connectivity index (χ1v) is 9.44. The Labute approximate surface area is 148 Å². The maximum absolute atomic E-state index is 6.30. The second kappa shape index (κ2) is 5.87. The molecule has 0 bridgehead atoms. The van der Waals surface area contributed by atoms with Crippen molar-refractivity contribution in [1.29, 1.82) is 0 Å². The van der Waals surface area contributed by atoms with Crippen molar-refractivity contribution < 1.29 is 4.74 Å². The van der Waals surface area contributed by atoms with Gasteiger partial charge in [-0.1, -0.05) is 58.0 Å². The van der Waals surface area contributed by atoms with Gasteiger partial charge in [-0.3, -0.25) is 4.99 Å². The number of nitrogens with zero attached hydrogens (tertiary/aromatic N) is 1. The van der Waals surface area contributed by atoms with E-state index in [1.165, 1.54) is 5.56 Å². The number of aliphatic imine (C=N–C) groups is 1. The fraction of sp³-hybridized carbons (Fsp3) is 0.278.